The summed E-state index contributed by atoms with van der Waals surface area (Å²) in [6.45, 7) is 0.467. The molecule has 9 nitrogen and oxygen atoms in total. The minimum Gasteiger partial charge on any atom is -0.447 e. The number of amides is 1. The van der Waals surface area contributed by atoms with Gasteiger partial charge in [0.1, 0.15) is 6.61 Å². The quantitative estimate of drug-likeness (QED) is 0.458. The van der Waals surface area contributed by atoms with E-state index in [2.05, 4.69) is 25.5 Å². The van der Waals surface area contributed by atoms with Crippen LogP contribution in [-0.2, 0) is 9.47 Å². The smallest absolute Gasteiger partial charge is 0.414 e. The molecule has 0 fully saturated rings. The highest BCUT2D eigenvalue weighted by Gasteiger charge is 2.12. The molecule has 0 aliphatic rings. The summed E-state index contributed by atoms with van der Waals surface area (Å²) in [6, 6.07) is 12.8. The van der Waals surface area contributed by atoms with E-state index >= 15 is 0 Å². The fraction of sp³-hybridized carbons (Fsp3) is 0.158. The number of fused-ring (bicyclic) bond motifs is 2. The van der Waals surface area contributed by atoms with Gasteiger partial charge in [-0.3, -0.25) is 10.1 Å². The molecule has 3 N–H and O–H groups in total. The number of carbonyl (C=O) groups is 1. The van der Waals surface area contributed by atoms with Gasteiger partial charge in [0.05, 0.1) is 28.7 Å². The summed E-state index contributed by atoms with van der Waals surface area (Å²) in [7, 11) is 1.53. The molecule has 2 aromatic heterocycles. The van der Waals surface area contributed by atoms with Crippen LogP contribution in [0.25, 0.3) is 33.1 Å². The minimum atomic E-state index is -0.621. The first kappa shape index (κ1) is 17.7. The molecule has 0 unspecified atom stereocenters. The number of H-pyrrole nitrogens is 2. The molecule has 0 aliphatic carbocycles. The Morgan fingerprint density at radius 3 is 2.79 bits per heavy atom. The van der Waals surface area contributed by atoms with Crippen LogP contribution in [0.2, 0.25) is 0 Å². The van der Waals surface area contributed by atoms with E-state index in [1.54, 1.807) is 6.07 Å². The Labute approximate surface area is 158 Å². The second-order valence-electron chi connectivity index (χ2n) is 6.02. The van der Waals surface area contributed by atoms with Crippen LogP contribution in [0.5, 0.6) is 0 Å². The van der Waals surface area contributed by atoms with Crippen molar-refractivity contribution < 1.29 is 14.3 Å². The van der Waals surface area contributed by atoms with Crippen LogP contribution in [0.4, 0.5) is 10.7 Å². The van der Waals surface area contributed by atoms with Crippen LogP contribution in [0, 0.1) is 0 Å². The lowest BCUT2D eigenvalue weighted by Crippen LogP contribution is -2.17. The molecular weight excluding hydrogens is 362 g/mol. The van der Waals surface area contributed by atoms with E-state index in [9.17, 15) is 9.59 Å². The van der Waals surface area contributed by atoms with Gasteiger partial charge in [-0.25, -0.2) is 14.9 Å². The zero-order chi connectivity index (χ0) is 19.5. The summed E-state index contributed by atoms with van der Waals surface area (Å²) < 4.78 is 9.78. The Kier molecular flexibility index (Phi) is 4.73. The van der Waals surface area contributed by atoms with Crippen molar-refractivity contribution >= 4 is 33.8 Å². The number of carbonyl (C=O) groups excluding carboxylic acids is 1. The normalized spacial score (nSPS) is 11.0. The summed E-state index contributed by atoms with van der Waals surface area (Å²) in [6.07, 6.45) is -0.621. The van der Waals surface area contributed by atoms with Crippen molar-refractivity contribution in [1.29, 1.82) is 0 Å². The number of nitrogens with one attached hydrogen (secondary N) is 3. The zero-order valence-electron chi connectivity index (χ0n) is 15.0. The number of aromatic nitrogens is 4. The molecule has 0 radical (unpaired) electrons. The maximum absolute atomic E-state index is 12.0. The summed E-state index contributed by atoms with van der Waals surface area (Å²) in [5.74, 6) is 0.272. The van der Waals surface area contributed by atoms with Gasteiger partial charge in [0, 0.05) is 18.1 Å². The number of imidazole rings is 1. The van der Waals surface area contributed by atoms with Gasteiger partial charge in [0.15, 0.2) is 0 Å². The lowest BCUT2D eigenvalue weighted by Gasteiger charge is -2.04. The van der Waals surface area contributed by atoms with E-state index in [0.29, 0.717) is 28.7 Å². The van der Waals surface area contributed by atoms with Crippen LogP contribution in [0.15, 0.2) is 47.3 Å². The van der Waals surface area contributed by atoms with Crippen molar-refractivity contribution in [2.75, 3.05) is 25.6 Å². The molecular formula is C19H17N5O4. The van der Waals surface area contributed by atoms with Gasteiger partial charge in [-0.2, -0.15) is 5.10 Å². The van der Waals surface area contributed by atoms with Gasteiger partial charge < -0.3 is 14.5 Å². The predicted molar refractivity (Wildman–Crippen MR) is 104 cm³/mol. The molecule has 0 saturated carbocycles. The number of aromatic amines is 2. The molecule has 0 atom stereocenters. The molecule has 28 heavy (non-hydrogen) atoms. The van der Waals surface area contributed by atoms with Crippen LogP contribution >= 0.6 is 0 Å². The molecule has 2 aromatic carbocycles. The van der Waals surface area contributed by atoms with Crippen LogP contribution in [0.1, 0.15) is 0 Å². The van der Waals surface area contributed by atoms with Crippen LogP contribution in [-0.4, -0.2) is 46.6 Å². The largest absolute Gasteiger partial charge is 0.447 e. The summed E-state index contributed by atoms with van der Waals surface area (Å²) in [4.78, 5) is 31.1. The molecule has 4 aromatic rings. The second-order valence-corrected chi connectivity index (χ2v) is 6.02. The first-order chi connectivity index (χ1) is 13.7. The number of rotatable bonds is 5. The van der Waals surface area contributed by atoms with E-state index in [-0.39, 0.29) is 18.1 Å². The third kappa shape index (κ3) is 3.42. The van der Waals surface area contributed by atoms with Crippen molar-refractivity contribution in [3.05, 3.63) is 52.8 Å². The number of nitrogens with zero attached hydrogens (tertiary/aromatic N) is 2. The van der Waals surface area contributed by atoms with E-state index in [4.69, 9.17) is 9.47 Å². The van der Waals surface area contributed by atoms with Gasteiger partial charge in [-0.1, -0.05) is 24.3 Å². The lowest BCUT2D eigenvalue weighted by molar-refractivity contribution is 0.107. The fourth-order valence-electron chi connectivity index (χ4n) is 2.90. The second kappa shape index (κ2) is 7.49. The number of benzene rings is 2. The average molecular weight is 379 g/mol. The van der Waals surface area contributed by atoms with E-state index in [1.165, 1.54) is 7.11 Å². The van der Waals surface area contributed by atoms with Gasteiger partial charge in [0.2, 0.25) is 5.95 Å². The number of hydrogen-bond acceptors (Lipinski definition) is 6. The first-order valence-electron chi connectivity index (χ1n) is 8.56. The lowest BCUT2D eigenvalue weighted by atomic mass is 10.0. The molecule has 142 valence electrons. The van der Waals surface area contributed by atoms with Crippen molar-refractivity contribution in [2.24, 2.45) is 0 Å². The monoisotopic (exact) mass is 379 g/mol. The molecule has 0 saturated heterocycles. The third-order valence-corrected chi connectivity index (χ3v) is 4.19. The Bertz CT molecular complexity index is 1210. The predicted octanol–water partition coefficient (Wildman–Crippen LogP) is 2.66. The minimum absolute atomic E-state index is 0.150. The SMILES string of the molecule is COCCOC(=O)Nc1nc2ccc(-c3n[nH]c(=O)c4ccccc34)cc2[nH]1. The molecule has 0 spiro atoms. The van der Waals surface area contributed by atoms with E-state index < -0.39 is 6.09 Å². The number of methoxy groups -OCH3 is 1. The third-order valence-electron chi connectivity index (χ3n) is 4.19. The van der Waals surface area contributed by atoms with Crippen molar-refractivity contribution in [1.82, 2.24) is 20.2 Å². The highest BCUT2D eigenvalue weighted by Crippen LogP contribution is 2.27. The van der Waals surface area contributed by atoms with Gasteiger partial charge in [-0.05, 0) is 18.2 Å². The summed E-state index contributed by atoms with van der Waals surface area (Å²) >= 11 is 0. The van der Waals surface area contributed by atoms with Crippen molar-refractivity contribution in [3.63, 3.8) is 0 Å². The highest BCUT2D eigenvalue weighted by atomic mass is 16.6. The Balaban J connectivity index is 1.65. The average Bonchev–Trinajstić information content (AvgIpc) is 3.10. The molecule has 0 aliphatic heterocycles. The van der Waals surface area contributed by atoms with Gasteiger partial charge in [0.25, 0.3) is 5.56 Å². The van der Waals surface area contributed by atoms with Gasteiger partial charge in [-0.15, -0.1) is 0 Å². The molecule has 9 heteroatoms. The van der Waals surface area contributed by atoms with Crippen LogP contribution < -0.4 is 10.9 Å². The first-order valence-corrected chi connectivity index (χ1v) is 8.56. The Morgan fingerprint density at radius 2 is 1.96 bits per heavy atom. The summed E-state index contributed by atoms with van der Waals surface area (Å²) in [5.41, 5.74) is 2.60. The molecule has 1 amide bonds. The number of hydrogen-bond donors (Lipinski definition) is 3. The summed E-state index contributed by atoms with van der Waals surface area (Å²) in [5, 5.41) is 10.6. The zero-order valence-corrected chi connectivity index (χ0v) is 15.0. The molecule has 0 bridgehead atoms. The van der Waals surface area contributed by atoms with Crippen molar-refractivity contribution in [3.8, 4) is 11.3 Å². The fourth-order valence-corrected chi connectivity index (χ4v) is 2.90. The standard InChI is InChI=1S/C19H17N5O4/c1-27-8-9-28-19(26)22-18-20-14-7-6-11(10-15(14)21-18)16-12-4-2-3-5-13(12)17(25)24-23-16/h2-7,10H,8-9H2,1H3,(H,24,25)(H2,20,21,22,26). The topological polar surface area (TPSA) is 122 Å². The number of ether oxygens (including phenoxy) is 2. The maximum Gasteiger partial charge on any atom is 0.414 e. The van der Waals surface area contributed by atoms with Crippen LogP contribution in [0.3, 0.4) is 0 Å². The van der Waals surface area contributed by atoms with E-state index in [1.807, 2.05) is 36.4 Å². The molecule has 4 rings (SSSR count). The Morgan fingerprint density at radius 1 is 1.14 bits per heavy atom. The van der Waals surface area contributed by atoms with Crippen molar-refractivity contribution in [2.45, 2.75) is 0 Å². The Hall–Kier alpha value is -3.72. The van der Waals surface area contributed by atoms with Gasteiger partial charge >= 0.3 is 6.09 Å². The highest BCUT2D eigenvalue weighted by molar-refractivity contribution is 5.96. The number of anilines is 1. The maximum atomic E-state index is 12.0. The van der Waals surface area contributed by atoms with E-state index in [0.717, 1.165) is 10.9 Å². The molecule has 2 heterocycles.